The van der Waals surface area contributed by atoms with E-state index in [0.717, 1.165) is 5.69 Å². The van der Waals surface area contributed by atoms with Crippen LogP contribution in [0.15, 0.2) is 54.6 Å². The molecule has 6 nitrogen and oxygen atoms in total. The molecule has 0 heterocycles. The first-order chi connectivity index (χ1) is 13.0. The molecule has 0 aliphatic heterocycles. The Bertz CT molecular complexity index is 833. The van der Waals surface area contributed by atoms with Crippen LogP contribution in [0, 0.1) is 11.8 Å². The largest absolute Gasteiger partial charge is 0.465 e. The number of amides is 2. The summed E-state index contributed by atoms with van der Waals surface area (Å²) in [6.45, 7) is 2.48. The van der Waals surface area contributed by atoms with Gasteiger partial charge in [0.1, 0.15) is 0 Å². The molecule has 2 amide bonds. The van der Waals surface area contributed by atoms with Crippen LogP contribution in [-0.2, 0) is 14.3 Å². The van der Waals surface area contributed by atoms with Gasteiger partial charge in [-0.3, -0.25) is 9.59 Å². The zero-order valence-corrected chi connectivity index (χ0v) is 15.3. The normalized spacial score (nSPS) is 17.7. The minimum atomic E-state index is -0.429. The first kappa shape index (κ1) is 18.6. The maximum absolute atomic E-state index is 12.8. The number of benzene rings is 2. The summed E-state index contributed by atoms with van der Waals surface area (Å²) in [7, 11) is 1.32. The van der Waals surface area contributed by atoms with E-state index in [4.69, 9.17) is 0 Å². The number of carbonyl (C=O) groups is 3. The van der Waals surface area contributed by atoms with Crippen LogP contribution in [0.5, 0.6) is 0 Å². The van der Waals surface area contributed by atoms with Crippen molar-refractivity contribution in [1.29, 1.82) is 0 Å². The number of esters is 1. The first-order valence-corrected chi connectivity index (χ1v) is 8.90. The zero-order chi connectivity index (χ0) is 19.4. The van der Waals surface area contributed by atoms with Gasteiger partial charge in [-0.2, -0.15) is 0 Å². The number of nitrogens with zero attached hydrogens (tertiary/aromatic N) is 1. The summed E-state index contributed by atoms with van der Waals surface area (Å²) in [5, 5.41) is 2.81. The lowest BCUT2D eigenvalue weighted by atomic mass is 10.2. The number of nitrogens with one attached hydrogen (secondary N) is 1. The van der Waals surface area contributed by atoms with Crippen molar-refractivity contribution in [2.24, 2.45) is 11.8 Å². The molecule has 0 aromatic heterocycles. The summed E-state index contributed by atoms with van der Waals surface area (Å²) in [5.41, 5.74) is 1.84. The van der Waals surface area contributed by atoms with Crippen molar-refractivity contribution in [2.75, 3.05) is 23.9 Å². The number of hydrogen-bond acceptors (Lipinski definition) is 4. The molecule has 27 heavy (non-hydrogen) atoms. The maximum Gasteiger partial charge on any atom is 0.337 e. The Morgan fingerprint density at radius 1 is 1.04 bits per heavy atom. The van der Waals surface area contributed by atoms with Crippen LogP contribution < -0.4 is 10.2 Å². The Morgan fingerprint density at radius 2 is 1.70 bits per heavy atom. The third-order valence-electron chi connectivity index (χ3n) is 4.67. The molecule has 3 rings (SSSR count). The van der Waals surface area contributed by atoms with Gasteiger partial charge in [0.25, 0.3) is 0 Å². The molecular formula is C21H22N2O4. The number of carbonyl (C=O) groups excluding carboxylic acids is 3. The van der Waals surface area contributed by atoms with Crippen LogP contribution in [0.4, 0.5) is 11.4 Å². The van der Waals surface area contributed by atoms with Gasteiger partial charge in [0, 0.05) is 17.9 Å². The van der Waals surface area contributed by atoms with E-state index >= 15 is 0 Å². The maximum atomic E-state index is 12.8. The van der Waals surface area contributed by atoms with E-state index in [1.807, 2.05) is 37.3 Å². The quantitative estimate of drug-likeness (QED) is 0.797. The van der Waals surface area contributed by atoms with Gasteiger partial charge >= 0.3 is 5.97 Å². The van der Waals surface area contributed by atoms with Gasteiger partial charge in [0.15, 0.2) is 0 Å². The summed E-state index contributed by atoms with van der Waals surface area (Å²) in [5.74, 6) is -1.25. The van der Waals surface area contributed by atoms with Crippen LogP contribution >= 0.6 is 0 Å². The molecule has 0 radical (unpaired) electrons. The fraction of sp³-hybridized carbons (Fsp3) is 0.286. The van der Waals surface area contributed by atoms with E-state index in [2.05, 4.69) is 10.1 Å². The van der Waals surface area contributed by atoms with Gasteiger partial charge in [0.2, 0.25) is 11.8 Å². The van der Waals surface area contributed by atoms with Gasteiger partial charge in [-0.1, -0.05) is 18.2 Å². The molecule has 1 N–H and O–H groups in total. The molecule has 1 saturated carbocycles. The van der Waals surface area contributed by atoms with Crippen LogP contribution in [0.3, 0.4) is 0 Å². The van der Waals surface area contributed by atoms with Gasteiger partial charge < -0.3 is 15.0 Å². The highest BCUT2D eigenvalue weighted by Gasteiger charge is 2.49. The van der Waals surface area contributed by atoms with E-state index in [-0.39, 0.29) is 23.7 Å². The standard InChI is InChI=1S/C21H22N2O4/c1-3-23(16-7-5-4-6-8-16)20(25)18-13-17(18)19(24)22-15-11-9-14(10-12-15)21(26)27-2/h4-12,17-18H,3,13H2,1-2H3,(H,22,24). The SMILES string of the molecule is CCN(C(=O)C1CC1C(=O)Nc1ccc(C(=O)OC)cc1)c1ccccc1. The van der Waals surface area contributed by atoms with Crippen LogP contribution in [0.2, 0.25) is 0 Å². The van der Waals surface area contributed by atoms with Crippen molar-refractivity contribution in [1.82, 2.24) is 0 Å². The van der Waals surface area contributed by atoms with Crippen LogP contribution in [0.25, 0.3) is 0 Å². The molecule has 1 fully saturated rings. The number of anilines is 2. The predicted octanol–water partition coefficient (Wildman–Crippen LogP) is 3.10. The fourth-order valence-electron chi connectivity index (χ4n) is 3.07. The first-order valence-electron chi connectivity index (χ1n) is 8.90. The summed E-state index contributed by atoms with van der Waals surface area (Å²) < 4.78 is 4.65. The minimum absolute atomic E-state index is 0.0233. The molecule has 0 saturated heterocycles. The Labute approximate surface area is 158 Å². The highest BCUT2D eigenvalue weighted by molar-refractivity contribution is 6.04. The Morgan fingerprint density at radius 3 is 2.30 bits per heavy atom. The van der Waals surface area contributed by atoms with Crippen molar-refractivity contribution in [3.8, 4) is 0 Å². The second kappa shape index (κ2) is 8.03. The fourth-order valence-corrected chi connectivity index (χ4v) is 3.07. The van der Waals surface area contributed by atoms with E-state index in [9.17, 15) is 14.4 Å². The van der Waals surface area contributed by atoms with Crippen molar-refractivity contribution in [2.45, 2.75) is 13.3 Å². The van der Waals surface area contributed by atoms with E-state index in [1.54, 1.807) is 29.2 Å². The third-order valence-corrected chi connectivity index (χ3v) is 4.67. The van der Waals surface area contributed by atoms with Crippen molar-refractivity contribution < 1.29 is 19.1 Å². The van der Waals surface area contributed by atoms with Gasteiger partial charge in [-0.25, -0.2) is 4.79 Å². The zero-order valence-electron chi connectivity index (χ0n) is 15.3. The number of para-hydroxylation sites is 1. The predicted molar refractivity (Wildman–Crippen MR) is 102 cm³/mol. The average Bonchev–Trinajstić information content (AvgIpc) is 3.50. The Balaban J connectivity index is 1.60. The monoisotopic (exact) mass is 366 g/mol. The summed E-state index contributed by atoms with van der Waals surface area (Å²) in [6.07, 6.45) is 0.550. The molecule has 0 spiro atoms. The number of ether oxygens (including phenoxy) is 1. The number of rotatable bonds is 6. The topological polar surface area (TPSA) is 75.7 Å². The van der Waals surface area contributed by atoms with Crippen molar-refractivity contribution in [3.05, 3.63) is 60.2 Å². The summed E-state index contributed by atoms with van der Waals surface area (Å²) >= 11 is 0. The van der Waals surface area contributed by atoms with E-state index in [1.165, 1.54) is 7.11 Å². The lowest BCUT2D eigenvalue weighted by Gasteiger charge is -2.21. The molecule has 6 heteroatoms. The molecule has 0 bridgehead atoms. The summed E-state index contributed by atoms with van der Waals surface area (Å²) in [4.78, 5) is 38.3. The molecule has 2 aromatic rings. The second-order valence-electron chi connectivity index (χ2n) is 6.42. The second-order valence-corrected chi connectivity index (χ2v) is 6.42. The molecule has 1 aliphatic rings. The highest BCUT2D eigenvalue weighted by Crippen LogP contribution is 2.41. The summed E-state index contributed by atoms with van der Waals surface area (Å²) in [6, 6.07) is 15.9. The van der Waals surface area contributed by atoms with Crippen LogP contribution in [0.1, 0.15) is 23.7 Å². The van der Waals surface area contributed by atoms with Crippen LogP contribution in [-0.4, -0.2) is 31.4 Å². The molecule has 2 atom stereocenters. The number of methoxy groups -OCH3 is 1. The average molecular weight is 366 g/mol. The minimum Gasteiger partial charge on any atom is -0.465 e. The van der Waals surface area contributed by atoms with Crippen molar-refractivity contribution >= 4 is 29.2 Å². The lowest BCUT2D eigenvalue weighted by Crippen LogP contribution is -2.33. The van der Waals surface area contributed by atoms with E-state index < -0.39 is 5.97 Å². The molecule has 1 aliphatic carbocycles. The molecular weight excluding hydrogens is 344 g/mol. The molecule has 2 unspecified atom stereocenters. The smallest absolute Gasteiger partial charge is 0.337 e. The Hall–Kier alpha value is -3.15. The number of hydrogen-bond donors (Lipinski definition) is 1. The van der Waals surface area contributed by atoms with Gasteiger partial charge in [-0.05, 0) is 49.7 Å². The highest BCUT2D eigenvalue weighted by atomic mass is 16.5. The van der Waals surface area contributed by atoms with Gasteiger partial charge in [0.05, 0.1) is 24.5 Å². The molecule has 2 aromatic carbocycles. The van der Waals surface area contributed by atoms with Crippen molar-refractivity contribution in [3.63, 3.8) is 0 Å². The third kappa shape index (κ3) is 4.16. The van der Waals surface area contributed by atoms with Gasteiger partial charge in [-0.15, -0.1) is 0 Å². The van der Waals surface area contributed by atoms with E-state index in [0.29, 0.717) is 24.2 Å². The molecule has 140 valence electrons. The lowest BCUT2D eigenvalue weighted by molar-refractivity contribution is -0.123. The Kier molecular flexibility index (Phi) is 5.54.